The van der Waals surface area contributed by atoms with Gasteiger partial charge in [0, 0.05) is 23.7 Å². The van der Waals surface area contributed by atoms with Crippen molar-refractivity contribution in [1.82, 2.24) is 9.29 Å². The molecular formula is C19H17FN2O6S. The molecule has 1 heterocycles. The number of aromatic nitrogens is 1. The molecule has 0 aliphatic rings. The third-order valence-corrected chi connectivity index (χ3v) is 5.78. The molecule has 0 aliphatic carbocycles. The van der Waals surface area contributed by atoms with Crippen LogP contribution in [0.1, 0.15) is 6.42 Å². The molecule has 0 fully saturated rings. The Bertz CT molecular complexity index is 1190. The smallest absolute Gasteiger partial charge is 0.416 e. The minimum Gasteiger partial charge on any atom is -0.469 e. The van der Waals surface area contributed by atoms with E-state index in [9.17, 15) is 27.5 Å². The highest BCUT2D eigenvalue weighted by Crippen LogP contribution is 2.31. The molecule has 8 nitrogen and oxygen atoms in total. The fourth-order valence-corrected chi connectivity index (χ4v) is 3.91. The Morgan fingerprint density at radius 2 is 1.86 bits per heavy atom. The zero-order valence-electron chi connectivity index (χ0n) is 15.3. The number of rotatable bonds is 6. The first kappa shape index (κ1) is 20.5. The largest absolute Gasteiger partial charge is 0.469 e. The van der Waals surface area contributed by atoms with Crippen molar-refractivity contribution in [1.29, 1.82) is 0 Å². The van der Waals surface area contributed by atoms with Gasteiger partial charge in [-0.25, -0.2) is 22.3 Å². The molecule has 0 unspecified atom stereocenters. The lowest BCUT2D eigenvalue weighted by molar-refractivity contribution is -0.140. The fourth-order valence-electron chi connectivity index (χ4n) is 2.87. The molecule has 152 valence electrons. The highest BCUT2D eigenvalue weighted by Gasteiger charge is 2.17. The lowest BCUT2D eigenvalue weighted by Crippen LogP contribution is -2.26. The monoisotopic (exact) mass is 420 g/mol. The van der Waals surface area contributed by atoms with E-state index in [1.54, 1.807) is 0 Å². The lowest BCUT2D eigenvalue weighted by atomic mass is 10.1. The molecule has 0 saturated heterocycles. The van der Waals surface area contributed by atoms with E-state index in [2.05, 4.69) is 9.46 Å². The summed E-state index contributed by atoms with van der Waals surface area (Å²) in [6.07, 6.45) is -0.00950. The van der Waals surface area contributed by atoms with Crippen LogP contribution < -0.4 is 4.72 Å². The predicted octanol–water partition coefficient (Wildman–Crippen LogP) is 2.81. The number of halogens is 1. The molecular weight excluding hydrogens is 403 g/mol. The van der Waals surface area contributed by atoms with Crippen molar-refractivity contribution in [2.75, 3.05) is 13.7 Å². The first-order valence-corrected chi connectivity index (χ1v) is 9.92. The van der Waals surface area contributed by atoms with Gasteiger partial charge in [0.1, 0.15) is 5.82 Å². The lowest BCUT2D eigenvalue weighted by Gasteiger charge is -2.07. The summed E-state index contributed by atoms with van der Waals surface area (Å²) in [7, 11) is -2.61. The van der Waals surface area contributed by atoms with Crippen molar-refractivity contribution in [3.63, 3.8) is 0 Å². The molecule has 0 radical (unpaired) electrons. The number of hydrogen-bond donors (Lipinski definition) is 2. The van der Waals surface area contributed by atoms with E-state index in [0.717, 1.165) is 10.6 Å². The van der Waals surface area contributed by atoms with E-state index in [1.807, 2.05) is 0 Å². The van der Waals surface area contributed by atoms with Crippen LogP contribution in [0.3, 0.4) is 0 Å². The van der Waals surface area contributed by atoms with Crippen LogP contribution in [-0.2, 0) is 19.6 Å². The molecule has 0 saturated carbocycles. The number of ether oxygens (including phenoxy) is 1. The zero-order chi connectivity index (χ0) is 21.2. The van der Waals surface area contributed by atoms with E-state index in [4.69, 9.17) is 0 Å². The maximum absolute atomic E-state index is 13.5. The molecule has 0 bridgehead atoms. The third kappa shape index (κ3) is 4.28. The molecule has 3 rings (SSSR count). The van der Waals surface area contributed by atoms with Crippen LogP contribution in [0.15, 0.2) is 53.6 Å². The van der Waals surface area contributed by atoms with Gasteiger partial charge in [0.05, 0.1) is 23.9 Å². The number of carbonyl (C=O) groups excluding carboxylic acids is 1. The number of carbonyl (C=O) groups is 2. The van der Waals surface area contributed by atoms with Crippen molar-refractivity contribution in [2.24, 2.45) is 0 Å². The highest BCUT2D eigenvalue weighted by molar-refractivity contribution is 7.89. The minimum absolute atomic E-state index is 0.0147. The SMILES string of the molecule is COC(=O)CCNS(=O)(=O)c1ccc(-c2cn(C(=O)O)c3cc(F)ccc23)cc1. The fraction of sp³-hybridized carbons (Fsp3) is 0.158. The molecule has 3 aromatic rings. The summed E-state index contributed by atoms with van der Waals surface area (Å²) in [5.41, 5.74) is 1.27. The van der Waals surface area contributed by atoms with Gasteiger partial charge in [-0.15, -0.1) is 0 Å². The molecule has 2 N–H and O–H groups in total. The Balaban J connectivity index is 1.91. The Hall–Kier alpha value is -3.24. The predicted molar refractivity (Wildman–Crippen MR) is 103 cm³/mol. The van der Waals surface area contributed by atoms with Crippen LogP contribution in [0.25, 0.3) is 22.0 Å². The molecule has 0 amide bonds. The van der Waals surface area contributed by atoms with Gasteiger partial charge in [0.25, 0.3) is 0 Å². The normalized spacial score (nSPS) is 11.5. The Labute approximate surface area is 165 Å². The highest BCUT2D eigenvalue weighted by atomic mass is 32.2. The first-order valence-electron chi connectivity index (χ1n) is 8.44. The number of hydrogen-bond acceptors (Lipinski definition) is 5. The first-order chi connectivity index (χ1) is 13.7. The van der Waals surface area contributed by atoms with Crippen molar-refractivity contribution < 1.29 is 32.2 Å². The number of nitrogens with one attached hydrogen (secondary N) is 1. The quantitative estimate of drug-likeness (QED) is 0.593. The standard InChI is InChI=1S/C19H17FN2O6S/c1-28-18(23)8-9-21-29(26,27)14-5-2-12(3-6-14)16-11-22(19(24)25)17-10-13(20)4-7-15(16)17/h2-7,10-11,21H,8-9H2,1H3,(H,24,25). The summed E-state index contributed by atoms with van der Waals surface area (Å²) >= 11 is 0. The second-order valence-electron chi connectivity index (χ2n) is 6.11. The molecule has 0 aliphatic heterocycles. The molecule has 0 atom stereocenters. The van der Waals surface area contributed by atoms with Gasteiger partial charge >= 0.3 is 12.1 Å². The van der Waals surface area contributed by atoms with E-state index in [0.29, 0.717) is 16.5 Å². The third-order valence-electron chi connectivity index (χ3n) is 4.30. The van der Waals surface area contributed by atoms with Crippen LogP contribution in [0.2, 0.25) is 0 Å². The summed E-state index contributed by atoms with van der Waals surface area (Å²) in [5, 5.41) is 9.86. The van der Waals surface area contributed by atoms with Crippen molar-refractivity contribution in [2.45, 2.75) is 11.3 Å². The van der Waals surface area contributed by atoms with Crippen LogP contribution in [0.4, 0.5) is 9.18 Å². The number of carboxylic acid groups (broad SMARTS) is 1. The molecule has 10 heteroatoms. The zero-order valence-corrected chi connectivity index (χ0v) is 16.1. The average Bonchev–Trinajstić information content (AvgIpc) is 3.06. The topological polar surface area (TPSA) is 115 Å². The second-order valence-corrected chi connectivity index (χ2v) is 7.87. The number of benzene rings is 2. The van der Waals surface area contributed by atoms with Gasteiger partial charge in [-0.3, -0.25) is 9.36 Å². The summed E-state index contributed by atoms with van der Waals surface area (Å²) in [4.78, 5) is 22.5. The number of sulfonamides is 1. The maximum Gasteiger partial charge on any atom is 0.416 e. The number of esters is 1. The van der Waals surface area contributed by atoms with Crippen LogP contribution in [0, 0.1) is 5.82 Å². The second kappa shape index (κ2) is 8.02. The maximum atomic E-state index is 13.5. The van der Waals surface area contributed by atoms with Crippen molar-refractivity contribution in [3.05, 3.63) is 54.5 Å². The molecule has 2 aromatic carbocycles. The van der Waals surface area contributed by atoms with Gasteiger partial charge in [-0.05, 0) is 35.9 Å². The Morgan fingerprint density at radius 3 is 2.48 bits per heavy atom. The van der Waals surface area contributed by atoms with Gasteiger partial charge in [0.2, 0.25) is 10.0 Å². The Morgan fingerprint density at radius 1 is 1.17 bits per heavy atom. The van der Waals surface area contributed by atoms with Gasteiger partial charge in [-0.1, -0.05) is 12.1 Å². The number of fused-ring (bicyclic) bond motifs is 1. The summed E-state index contributed by atoms with van der Waals surface area (Å²) in [6, 6.07) is 9.60. The summed E-state index contributed by atoms with van der Waals surface area (Å²) in [6.45, 7) is -0.103. The van der Waals surface area contributed by atoms with E-state index < -0.39 is 27.9 Å². The average molecular weight is 420 g/mol. The van der Waals surface area contributed by atoms with Crippen LogP contribution in [0.5, 0.6) is 0 Å². The van der Waals surface area contributed by atoms with Gasteiger partial charge in [-0.2, -0.15) is 0 Å². The minimum atomic E-state index is -3.83. The Kier molecular flexibility index (Phi) is 5.66. The van der Waals surface area contributed by atoms with E-state index >= 15 is 0 Å². The number of nitrogens with zero attached hydrogens (tertiary/aromatic N) is 1. The van der Waals surface area contributed by atoms with Gasteiger partial charge in [0.15, 0.2) is 0 Å². The molecule has 29 heavy (non-hydrogen) atoms. The molecule has 0 spiro atoms. The van der Waals surface area contributed by atoms with E-state index in [-0.39, 0.29) is 23.4 Å². The summed E-state index contributed by atoms with van der Waals surface area (Å²) in [5.74, 6) is -1.10. The molecule has 1 aromatic heterocycles. The number of methoxy groups -OCH3 is 1. The van der Waals surface area contributed by atoms with Crippen LogP contribution in [-0.4, -0.2) is 43.8 Å². The van der Waals surface area contributed by atoms with Crippen molar-refractivity contribution >= 4 is 33.0 Å². The van der Waals surface area contributed by atoms with Gasteiger partial charge < -0.3 is 9.84 Å². The van der Waals surface area contributed by atoms with Crippen LogP contribution >= 0.6 is 0 Å². The van der Waals surface area contributed by atoms with Crippen molar-refractivity contribution in [3.8, 4) is 11.1 Å². The van der Waals surface area contributed by atoms with E-state index in [1.165, 1.54) is 49.7 Å². The summed E-state index contributed by atoms with van der Waals surface area (Å²) < 4.78 is 45.8.